The monoisotopic (exact) mass is 358 g/mol. The van der Waals surface area contributed by atoms with Gasteiger partial charge in [-0.2, -0.15) is 0 Å². The molecule has 2 aromatic heterocycles. The first-order chi connectivity index (χ1) is 12.7. The van der Waals surface area contributed by atoms with E-state index in [2.05, 4.69) is 36.7 Å². The first kappa shape index (κ1) is 18.5. The molecule has 8 heteroatoms. The number of hydrogen-bond donors (Lipinski definition) is 1. The molecule has 0 bridgehead atoms. The Labute approximate surface area is 153 Å². The van der Waals surface area contributed by atoms with Crippen LogP contribution in [0.3, 0.4) is 0 Å². The Hall–Kier alpha value is -2.32. The molecule has 1 saturated heterocycles. The Kier molecular flexibility index (Phi) is 6.30. The summed E-state index contributed by atoms with van der Waals surface area (Å²) in [4.78, 5) is 26.8. The molecule has 1 aliphatic heterocycles. The van der Waals surface area contributed by atoms with E-state index >= 15 is 0 Å². The number of rotatable bonds is 7. The van der Waals surface area contributed by atoms with Crippen LogP contribution in [0.15, 0.2) is 24.7 Å². The first-order valence-electron chi connectivity index (χ1n) is 9.06. The highest BCUT2D eigenvalue weighted by Gasteiger charge is 2.25. The minimum absolute atomic E-state index is 0.0761. The largest absolute Gasteiger partial charge is 0.368 e. The second-order valence-electron chi connectivity index (χ2n) is 6.45. The van der Waals surface area contributed by atoms with Crippen LogP contribution in [0.1, 0.15) is 43.7 Å². The van der Waals surface area contributed by atoms with Crippen LogP contribution in [0.25, 0.3) is 0 Å². The molecule has 1 aliphatic rings. The van der Waals surface area contributed by atoms with E-state index in [1.54, 1.807) is 6.20 Å². The van der Waals surface area contributed by atoms with Gasteiger partial charge in [-0.15, -0.1) is 0 Å². The van der Waals surface area contributed by atoms with E-state index in [-0.39, 0.29) is 12.0 Å². The fourth-order valence-corrected chi connectivity index (χ4v) is 3.02. The van der Waals surface area contributed by atoms with Gasteiger partial charge in [0.05, 0.1) is 25.4 Å². The molecule has 3 heterocycles. The minimum atomic E-state index is -0.171. The molecule has 8 nitrogen and oxygen atoms in total. The van der Waals surface area contributed by atoms with Crippen LogP contribution in [0.2, 0.25) is 0 Å². The molecule has 0 aromatic carbocycles. The third kappa shape index (κ3) is 4.86. The minimum Gasteiger partial charge on any atom is -0.368 e. The van der Waals surface area contributed by atoms with Gasteiger partial charge in [0.25, 0.3) is 0 Å². The normalized spacial score (nSPS) is 18.0. The number of carbonyl (C=O) groups is 1. The van der Waals surface area contributed by atoms with E-state index < -0.39 is 0 Å². The Morgan fingerprint density at radius 1 is 1.38 bits per heavy atom. The highest BCUT2D eigenvalue weighted by atomic mass is 16.5. The summed E-state index contributed by atoms with van der Waals surface area (Å²) in [7, 11) is 0. The van der Waals surface area contributed by atoms with Crippen LogP contribution in [0, 0.1) is 0 Å². The number of aryl methyl sites for hydroxylation is 1. The molecule has 0 saturated carbocycles. The average Bonchev–Trinajstić information content (AvgIpc) is 3.08. The van der Waals surface area contributed by atoms with E-state index in [1.165, 1.54) is 6.92 Å². The van der Waals surface area contributed by atoms with Gasteiger partial charge in [0.15, 0.2) is 5.82 Å². The van der Waals surface area contributed by atoms with Crippen molar-refractivity contribution in [1.29, 1.82) is 0 Å². The zero-order valence-corrected chi connectivity index (χ0v) is 15.4. The quantitative estimate of drug-likeness (QED) is 0.803. The molecule has 0 radical (unpaired) electrons. The smallest absolute Gasteiger partial charge is 0.217 e. The molecule has 26 heavy (non-hydrogen) atoms. The van der Waals surface area contributed by atoms with Gasteiger partial charge in [-0.05, 0) is 12.5 Å². The summed E-state index contributed by atoms with van der Waals surface area (Å²) in [5, 5.41) is 2.76. The van der Waals surface area contributed by atoms with Crippen molar-refractivity contribution in [2.45, 2.75) is 46.0 Å². The van der Waals surface area contributed by atoms with Crippen molar-refractivity contribution in [2.24, 2.45) is 0 Å². The van der Waals surface area contributed by atoms with Crippen LogP contribution in [-0.2, 0) is 29.2 Å². The van der Waals surface area contributed by atoms with Gasteiger partial charge in [-0.3, -0.25) is 9.69 Å². The zero-order valence-electron chi connectivity index (χ0n) is 15.4. The van der Waals surface area contributed by atoms with Crippen molar-refractivity contribution in [1.82, 2.24) is 29.7 Å². The lowest BCUT2D eigenvalue weighted by Gasteiger charge is -2.32. The molecule has 0 aliphatic carbocycles. The second-order valence-corrected chi connectivity index (χ2v) is 6.45. The Morgan fingerprint density at radius 2 is 2.27 bits per heavy atom. The van der Waals surface area contributed by atoms with Crippen molar-refractivity contribution in [2.75, 3.05) is 19.7 Å². The SMILES string of the molecule is CCCn1ccnc1CN1CCO[C@H](c2nccc(CNC(C)=O)n2)C1. The number of imidazole rings is 1. The number of carbonyl (C=O) groups excluding carboxylic acids is 1. The van der Waals surface area contributed by atoms with Crippen LogP contribution < -0.4 is 5.32 Å². The number of hydrogen-bond acceptors (Lipinski definition) is 6. The average molecular weight is 358 g/mol. The number of ether oxygens (including phenoxy) is 1. The fraction of sp³-hybridized carbons (Fsp3) is 0.556. The van der Waals surface area contributed by atoms with Crippen LogP contribution in [-0.4, -0.2) is 50.0 Å². The molecular weight excluding hydrogens is 332 g/mol. The molecule has 3 rings (SSSR count). The summed E-state index contributed by atoms with van der Waals surface area (Å²) < 4.78 is 8.09. The number of aromatic nitrogens is 4. The van der Waals surface area contributed by atoms with Gasteiger partial charge in [-0.25, -0.2) is 15.0 Å². The van der Waals surface area contributed by atoms with Crippen molar-refractivity contribution >= 4 is 5.91 Å². The van der Waals surface area contributed by atoms with Crippen molar-refractivity contribution in [3.8, 4) is 0 Å². The predicted molar refractivity (Wildman–Crippen MR) is 96.0 cm³/mol. The highest BCUT2D eigenvalue weighted by Crippen LogP contribution is 2.20. The molecule has 1 atom stereocenters. The maximum atomic E-state index is 11.1. The van der Waals surface area contributed by atoms with Gasteiger partial charge in [0, 0.05) is 45.1 Å². The summed E-state index contributed by atoms with van der Waals surface area (Å²) in [5.41, 5.74) is 0.782. The van der Waals surface area contributed by atoms with E-state index in [0.29, 0.717) is 19.0 Å². The molecule has 0 spiro atoms. The lowest BCUT2D eigenvalue weighted by atomic mass is 10.2. The molecule has 0 unspecified atom stereocenters. The van der Waals surface area contributed by atoms with Gasteiger partial charge in [0.2, 0.25) is 5.91 Å². The van der Waals surface area contributed by atoms with Crippen molar-refractivity contribution < 1.29 is 9.53 Å². The lowest BCUT2D eigenvalue weighted by Crippen LogP contribution is -2.39. The number of nitrogens with one attached hydrogen (secondary N) is 1. The van der Waals surface area contributed by atoms with E-state index in [0.717, 1.165) is 44.1 Å². The van der Waals surface area contributed by atoms with E-state index in [9.17, 15) is 4.79 Å². The van der Waals surface area contributed by atoms with Crippen LogP contribution in [0.4, 0.5) is 0 Å². The molecule has 140 valence electrons. The summed E-state index contributed by atoms with van der Waals surface area (Å²) >= 11 is 0. The third-order valence-electron chi connectivity index (χ3n) is 4.32. The Bertz CT molecular complexity index is 732. The number of nitrogens with zero attached hydrogens (tertiary/aromatic N) is 5. The Morgan fingerprint density at radius 3 is 3.08 bits per heavy atom. The maximum Gasteiger partial charge on any atom is 0.217 e. The van der Waals surface area contributed by atoms with Crippen LogP contribution >= 0.6 is 0 Å². The zero-order chi connectivity index (χ0) is 18.4. The maximum absolute atomic E-state index is 11.1. The number of amides is 1. The van der Waals surface area contributed by atoms with Gasteiger partial charge >= 0.3 is 0 Å². The van der Waals surface area contributed by atoms with Gasteiger partial charge in [-0.1, -0.05) is 6.92 Å². The fourth-order valence-electron chi connectivity index (χ4n) is 3.02. The van der Waals surface area contributed by atoms with Crippen LogP contribution in [0.5, 0.6) is 0 Å². The third-order valence-corrected chi connectivity index (χ3v) is 4.32. The van der Waals surface area contributed by atoms with E-state index in [4.69, 9.17) is 4.74 Å². The number of morpholine rings is 1. The van der Waals surface area contributed by atoms with Crippen molar-refractivity contribution in [3.05, 3.63) is 42.0 Å². The second kappa shape index (κ2) is 8.86. The van der Waals surface area contributed by atoms with Gasteiger partial charge < -0.3 is 14.6 Å². The van der Waals surface area contributed by atoms with E-state index in [1.807, 2.05) is 18.5 Å². The summed E-state index contributed by atoms with van der Waals surface area (Å²) in [6.07, 6.45) is 6.53. The van der Waals surface area contributed by atoms with Gasteiger partial charge in [0.1, 0.15) is 11.9 Å². The molecule has 1 amide bonds. The molecule has 1 fully saturated rings. The summed E-state index contributed by atoms with van der Waals surface area (Å²) in [5.74, 6) is 1.66. The molecule has 1 N–H and O–H groups in total. The predicted octanol–water partition coefficient (Wildman–Crippen LogP) is 1.29. The summed E-state index contributed by atoms with van der Waals surface area (Å²) in [6.45, 7) is 8.06. The lowest BCUT2D eigenvalue weighted by molar-refractivity contribution is -0.119. The molecule has 2 aromatic rings. The topological polar surface area (TPSA) is 85.2 Å². The summed E-state index contributed by atoms with van der Waals surface area (Å²) in [6, 6.07) is 1.81. The first-order valence-corrected chi connectivity index (χ1v) is 9.06. The standard InChI is InChI=1S/C18H26N6O2/c1-3-7-24-8-6-19-17(24)13-23-9-10-26-16(12-23)18-20-5-4-15(22-18)11-21-14(2)25/h4-6,8,16H,3,7,9-13H2,1-2H3,(H,21,25)/t16-/m0/s1. The molecular formula is C18H26N6O2. The Balaban J connectivity index is 1.63. The highest BCUT2D eigenvalue weighted by molar-refractivity contribution is 5.72. The van der Waals surface area contributed by atoms with Crippen molar-refractivity contribution in [3.63, 3.8) is 0 Å².